The molecule has 0 aromatic carbocycles. The standard InChI is InChI=1S/C9H10N4/c1-2-11-7-13-9(10)8-5-3-4-6-12-8/h2-7,10H,1H3/b10-9?,11-2-,13-7-. The Kier molecular flexibility index (Phi) is 3.50. The van der Waals surface area contributed by atoms with Crippen LogP contribution < -0.4 is 0 Å². The lowest BCUT2D eigenvalue weighted by molar-refractivity contribution is 1.25. The molecule has 1 rings (SSSR count). The highest BCUT2D eigenvalue weighted by molar-refractivity contribution is 5.99. The largest absolute Gasteiger partial charge is 0.281 e. The van der Waals surface area contributed by atoms with Gasteiger partial charge in [0.2, 0.25) is 0 Å². The van der Waals surface area contributed by atoms with Crippen LogP contribution in [-0.2, 0) is 0 Å². The fourth-order valence-corrected chi connectivity index (χ4v) is 0.727. The second-order valence-corrected chi connectivity index (χ2v) is 2.22. The third kappa shape index (κ3) is 2.94. The third-order valence-corrected chi connectivity index (χ3v) is 1.31. The predicted octanol–water partition coefficient (Wildman–Crippen LogP) is 1.53. The summed E-state index contributed by atoms with van der Waals surface area (Å²) in [5, 5.41) is 7.47. The molecular formula is C9H10N4. The number of hydrogen-bond donors (Lipinski definition) is 1. The van der Waals surface area contributed by atoms with Crippen LogP contribution in [0.2, 0.25) is 0 Å². The number of hydrogen-bond acceptors (Lipinski definition) is 2. The number of nitrogens with one attached hydrogen (secondary N) is 1. The van der Waals surface area contributed by atoms with Crippen LogP contribution in [0.4, 0.5) is 0 Å². The minimum Gasteiger partial charge on any atom is -0.281 e. The Balaban J connectivity index is 2.70. The number of pyridine rings is 1. The van der Waals surface area contributed by atoms with Gasteiger partial charge in [0.15, 0.2) is 5.84 Å². The van der Waals surface area contributed by atoms with E-state index in [4.69, 9.17) is 5.41 Å². The lowest BCUT2D eigenvalue weighted by Gasteiger charge is -1.93. The summed E-state index contributed by atoms with van der Waals surface area (Å²) in [4.78, 5) is 11.5. The van der Waals surface area contributed by atoms with Gasteiger partial charge in [-0.2, -0.15) is 0 Å². The first-order valence-corrected chi connectivity index (χ1v) is 3.85. The molecule has 0 atom stereocenters. The van der Waals surface area contributed by atoms with Crippen molar-refractivity contribution in [2.75, 3.05) is 0 Å². The first kappa shape index (κ1) is 9.25. The average Bonchev–Trinajstić information content (AvgIpc) is 2.19. The summed E-state index contributed by atoms with van der Waals surface area (Å²) in [7, 11) is 0. The Morgan fingerprint density at radius 3 is 3.00 bits per heavy atom. The highest BCUT2D eigenvalue weighted by atomic mass is 14.9. The van der Waals surface area contributed by atoms with Crippen LogP contribution in [-0.4, -0.2) is 23.4 Å². The molecule has 0 radical (unpaired) electrons. The van der Waals surface area contributed by atoms with E-state index in [1.165, 1.54) is 6.34 Å². The molecule has 1 heterocycles. The molecule has 1 N–H and O–H groups in total. The lowest BCUT2D eigenvalue weighted by Crippen LogP contribution is -1.97. The number of amidine groups is 1. The van der Waals surface area contributed by atoms with E-state index >= 15 is 0 Å². The molecule has 0 saturated heterocycles. The zero-order valence-corrected chi connectivity index (χ0v) is 7.31. The SMILES string of the molecule is C/C=N\C=N/C(=N)c1ccccn1. The van der Waals surface area contributed by atoms with Gasteiger partial charge in [-0.25, -0.2) is 9.98 Å². The number of nitrogens with zero attached hydrogens (tertiary/aromatic N) is 3. The molecule has 0 unspecified atom stereocenters. The first-order valence-electron chi connectivity index (χ1n) is 3.85. The lowest BCUT2D eigenvalue weighted by atomic mass is 10.3. The molecule has 0 spiro atoms. The fourth-order valence-electron chi connectivity index (χ4n) is 0.727. The van der Waals surface area contributed by atoms with Gasteiger partial charge in [0, 0.05) is 12.4 Å². The molecule has 66 valence electrons. The van der Waals surface area contributed by atoms with Gasteiger partial charge >= 0.3 is 0 Å². The Morgan fingerprint density at radius 2 is 2.38 bits per heavy atom. The summed E-state index contributed by atoms with van der Waals surface area (Å²) in [6.45, 7) is 1.79. The van der Waals surface area contributed by atoms with Crippen LogP contribution >= 0.6 is 0 Å². The Hall–Kier alpha value is -1.84. The summed E-state index contributed by atoms with van der Waals surface area (Å²) in [6.07, 6.45) is 4.56. The fraction of sp³-hybridized carbons (Fsp3) is 0.111. The molecule has 0 saturated carbocycles. The van der Waals surface area contributed by atoms with Gasteiger partial charge in [0.25, 0.3) is 0 Å². The quantitative estimate of drug-likeness (QED) is 0.536. The van der Waals surface area contributed by atoms with E-state index in [-0.39, 0.29) is 5.84 Å². The van der Waals surface area contributed by atoms with E-state index in [0.717, 1.165) is 0 Å². The minimum absolute atomic E-state index is 0.117. The van der Waals surface area contributed by atoms with Gasteiger partial charge in [0.1, 0.15) is 12.0 Å². The maximum Gasteiger partial charge on any atom is 0.172 e. The van der Waals surface area contributed by atoms with Crippen molar-refractivity contribution < 1.29 is 0 Å². The highest BCUT2D eigenvalue weighted by Gasteiger charge is 1.96. The molecule has 4 nitrogen and oxygen atoms in total. The van der Waals surface area contributed by atoms with Crippen LogP contribution in [0.15, 0.2) is 34.4 Å². The van der Waals surface area contributed by atoms with Crippen molar-refractivity contribution in [1.29, 1.82) is 5.41 Å². The molecule has 1 aromatic heterocycles. The Morgan fingerprint density at radius 1 is 1.54 bits per heavy atom. The molecule has 0 fully saturated rings. The Bertz CT molecular complexity index is 327. The molecule has 0 amide bonds. The van der Waals surface area contributed by atoms with E-state index in [1.54, 1.807) is 31.5 Å². The zero-order valence-electron chi connectivity index (χ0n) is 7.31. The number of aliphatic imine (C=N–C) groups is 2. The predicted molar refractivity (Wildman–Crippen MR) is 53.7 cm³/mol. The Labute approximate surface area is 76.6 Å². The van der Waals surface area contributed by atoms with E-state index in [0.29, 0.717) is 5.69 Å². The van der Waals surface area contributed by atoms with Crippen molar-refractivity contribution >= 4 is 18.4 Å². The van der Waals surface area contributed by atoms with Crippen molar-refractivity contribution in [1.82, 2.24) is 4.98 Å². The minimum atomic E-state index is 0.117. The molecule has 0 aliphatic rings. The van der Waals surface area contributed by atoms with Gasteiger partial charge in [0.05, 0.1) is 0 Å². The summed E-state index contributed by atoms with van der Waals surface area (Å²) in [5.41, 5.74) is 0.546. The second-order valence-electron chi connectivity index (χ2n) is 2.22. The first-order chi connectivity index (χ1) is 6.34. The maximum absolute atomic E-state index is 7.47. The molecule has 4 heteroatoms. The van der Waals surface area contributed by atoms with E-state index in [1.807, 2.05) is 6.07 Å². The van der Waals surface area contributed by atoms with Crippen LogP contribution in [0, 0.1) is 5.41 Å². The van der Waals surface area contributed by atoms with Crippen molar-refractivity contribution in [2.45, 2.75) is 6.92 Å². The van der Waals surface area contributed by atoms with Crippen molar-refractivity contribution in [3.63, 3.8) is 0 Å². The van der Waals surface area contributed by atoms with Gasteiger partial charge < -0.3 is 0 Å². The van der Waals surface area contributed by atoms with E-state index in [2.05, 4.69) is 15.0 Å². The van der Waals surface area contributed by atoms with Crippen molar-refractivity contribution in [3.05, 3.63) is 30.1 Å². The van der Waals surface area contributed by atoms with Gasteiger partial charge in [-0.15, -0.1) is 0 Å². The molecule has 0 aliphatic heterocycles. The maximum atomic E-state index is 7.47. The van der Waals surface area contributed by atoms with E-state index < -0.39 is 0 Å². The van der Waals surface area contributed by atoms with Crippen LogP contribution in [0.3, 0.4) is 0 Å². The summed E-state index contributed by atoms with van der Waals surface area (Å²) in [6, 6.07) is 5.34. The smallest absolute Gasteiger partial charge is 0.172 e. The van der Waals surface area contributed by atoms with Gasteiger partial charge in [-0.05, 0) is 19.1 Å². The second kappa shape index (κ2) is 4.92. The molecular weight excluding hydrogens is 164 g/mol. The van der Waals surface area contributed by atoms with Gasteiger partial charge in [-0.1, -0.05) is 6.07 Å². The highest BCUT2D eigenvalue weighted by Crippen LogP contribution is 1.94. The summed E-state index contributed by atoms with van der Waals surface area (Å²) < 4.78 is 0. The monoisotopic (exact) mass is 174 g/mol. The van der Waals surface area contributed by atoms with Gasteiger partial charge in [-0.3, -0.25) is 10.4 Å². The normalized spacial score (nSPS) is 11.2. The van der Waals surface area contributed by atoms with Crippen molar-refractivity contribution in [3.8, 4) is 0 Å². The summed E-state index contributed by atoms with van der Waals surface area (Å²) in [5.74, 6) is 0.117. The molecule has 1 aromatic rings. The molecule has 13 heavy (non-hydrogen) atoms. The summed E-state index contributed by atoms with van der Waals surface area (Å²) >= 11 is 0. The number of aromatic nitrogens is 1. The number of rotatable bonds is 2. The van der Waals surface area contributed by atoms with E-state index in [9.17, 15) is 0 Å². The average molecular weight is 174 g/mol. The molecule has 0 aliphatic carbocycles. The van der Waals surface area contributed by atoms with Crippen molar-refractivity contribution in [2.24, 2.45) is 9.98 Å². The zero-order chi connectivity index (χ0) is 9.52. The third-order valence-electron chi connectivity index (χ3n) is 1.31. The van der Waals surface area contributed by atoms with Crippen LogP contribution in [0.1, 0.15) is 12.6 Å². The topological polar surface area (TPSA) is 61.5 Å². The molecule has 0 bridgehead atoms. The van der Waals surface area contributed by atoms with Crippen LogP contribution in [0.5, 0.6) is 0 Å². The van der Waals surface area contributed by atoms with Crippen LogP contribution in [0.25, 0.3) is 0 Å².